The highest BCUT2D eigenvalue weighted by Gasteiger charge is 2.12. The maximum Gasteiger partial charge on any atom is 0.232 e. The number of benzene rings is 1. The van der Waals surface area contributed by atoms with E-state index in [1.165, 1.54) is 0 Å². The molecular formula is C19H18N6O2S. The Morgan fingerprint density at radius 1 is 1.00 bits per heavy atom. The molecule has 3 heterocycles. The fraction of sp³-hybridized carbons (Fsp3) is 0.158. The Balaban J connectivity index is 1.66. The molecule has 0 spiro atoms. The summed E-state index contributed by atoms with van der Waals surface area (Å²) >= 11 is 0. The normalized spacial score (nSPS) is 11.6. The van der Waals surface area contributed by atoms with Crippen LogP contribution in [0.15, 0.2) is 60.9 Å². The Labute approximate surface area is 162 Å². The number of nitrogens with one attached hydrogen (secondary N) is 1. The first-order valence-corrected chi connectivity index (χ1v) is 10.4. The van der Waals surface area contributed by atoms with Gasteiger partial charge in [0.15, 0.2) is 11.5 Å². The summed E-state index contributed by atoms with van der Waals surface area (Å²) in [5, 5.41) is 13.0. The van der Waals surface area contributed by atoms with E-state index in [0.717, 1.165) is 16.8 Å². The summed E-state index contributed by atoms with van der Waals surface area (Å²) < 4.78 is 28.0. The van der Waals surface area contributed by atoms with Crippen molar-refractivity contribution >= 4 is 21.4 Å². The lowest BCUT2D eigenvalue weighted by Gasteiger charge is -2.08. The molecule has 0 unspecified atom stereocenters. The molecule has 0 aliphatic heterocycles. The van der Waals surface area contributed by atoms with Crippen LogP contribution in [0, 0.1) is 0 Å². The molecule has 4 rings (SSSR count). The van der Waals surface area contributed by atoms with E-state index < -0.39 is 10.0 Å². The lowest BCUT2D eigenvalue weighted by Crippen LogP contribution is -2.15. The molecule has 28 heavy (non-hydrogen) atoms. The maximum absolute atomic E-state index is 11.9. The molecule has 0 saturated heterocycles. The van der Waals surface area contributed by atoms with Gasteiger partial charge in [-0.1, -0.05) is 19.1 Å². The van der Waals surface area contributed by atoms with Gasteiger partial charge in [-0.2, -0.15) is 9.61 Å². The minimum atomic E-state index is -3.31. The summed E-state index contributed by atoms with van der Waals surface area (Å²) in [6.45, 7) is 1.83. The van der Waals surface area contributed by atoms with Crippen LogP contribution in [0.2, 0.25) is 0 Å². The molecule has 1 aromatic carbocycles. The third kappa shape index (κ3) is 3.70. The fourth-order valence-electron chi connectivity index (χ4n) is 2.83. The van der Waals surface area contributed by atoms with Crippen molar-refractivity contribution in [2.45, 2.75) is 13.3 Å². The van der Waals surface area contributed by atoms with E-state index in [1.807, 2.05) is 43.3 Å². The number of hydrogen-bond acceptors (Lipinski definition) is 6. The highest BCUT2D eigenvalue weighted by Crippen LogP contribution is 2.22. The maximum atomic E-state index is 11.9. The number of aromatic nitrogens is 5. The Kier molecular flexibility index (Phi) is 4.74. The van der Waals surface area contributed by atoms with Crippen molar-refractivity contribution in [3.05, 3.63) is 60.9 Å². The van der Waals surface area contributed by atoms with E-state index in [0.29, 0.717) is 23.6 Å². The number of sulfonamides is 1. The van der Waals surface area contributed by atoms with Gasteiger partial charge in [0.1, 0.15) is 0 Å². The number of pyridine rings is 1. The molecule has 0 aliphatic rings. The number of anilines is 1. The summed E-state index contributed by atoms with van der Waals surface area (Å²) in [6, 6.07) is 14.5. The first kappa shape index (κ1) is 18.1. The number of rotatable bonds is 6. The van der Waals surface area contributed by atoms with Crippen molar-refractivity contribution < 1.29 is 8.42 Å². The smallest absolute Gasteiger partial charge is 0.232 e. The first-order valence-electron chi connectivity index (χ1n) is 8.79. The Morgan fingerprint density at radius 3 is 2.54 bits per heavy atom. The Hall–Kier alpha value is -3.33. The Bertz CT molecular complexity index is 1200. The van der Waals surface area contributed by atoms with Crippen LogP contribution >= 0.6 is 0 Å². The molecule has 0 amide bonds. The van der Waals surface area contributed by atoms with Crippen LogP contribution in [-0.4, -0.2) is 39.0 Å². The number of hydrogen-bond donors (Lipinski definition) is 1. The van der Waals surface area contributed by atoms with Gasteiger partial charge in [0, 0.05) is 29.2 Å². The van der Waals surface area contributed by atoms with Crippen molar-refractivity contribution in [2.24, 2.45) is 0 Å². The molecule has 0 fully saturated rings. The van der Waals surface area contributed by atoms with Gasteiger partial charge >= 0.3 is 0 Å². The van der Waals surface area contributed by atoms with E-state index in [4.69, 9.17) is 0 Å². The van der Waals surface area contributed by atoms with Gasteiger partial charge in [0.2, 0.25) is 10.0 Å². The van der Waals surface area contributed by atoms with Crippen LogP contribution in [-0.2, 0) is 10.0 Å². The van der Waals surface area contributed by atoms with Gasteiger partial charge in [-0.15, -0.1) is 10.2 Å². The fourth-order valence-corrected chi connectivity index (χ4v) is 3.96. The summed E-state index contributed by atoms with van der Waals surface area (Å²) in [5.74, 6) is 0.700. The zero-order valence-corrected chi connectivity index (χ0v) is 16.0. The van der Waals surface area contributed by atoms with Crippen LogP contribution in [0.5, 0.6) is 0 Å². The molecule has 0 saturated carbocycles. The standard InChI is InChI=1S/C19H18N6O2S/c1-2-12-28(26,27)24-16-7-5-14(6-8-16)17-9-10-18-21-22-19(25(18)23-17)15-4-3-11-20-13-15/h3-11,13,24H,2,12H2,1H3. The molecule has 142 valence electrons. The molecule has 0 atom stereocenters. The van der Waals surface area contributed by atoms with E-state index in [1.54, 1.807) is 29.0 Å². The van der Waals surface area contributed by atoms with Crippen LogP contribution in [0.1, 0.15) is 13.3 Å². The van der Waals surface area contributed by atoms with E-state index in [9.17, 15) is 8.42 Å². The van der Waals surface area contributed by atoms with Crippen molar-refractivity contribution in [2.75, 3.05) is 10.5 Å². The van der Waals surface area contributed by atoms with Crippen molar-refractivity contribution in [3.63, 3.8) is 0 Å². The molecule has 1 N–H and O–H groups in total. The zero-order valence-electron chi connectivity index (χ0n) is 15.1. The molecular weight excluding hydrogens is 376 g/mol. The minimum Gasteiger partial charge on any atom is -0.284 e. The van der Waals surface area contributed by atoms with Crippen LogP contribution in [0.25, 0.3) is 28.3 Å². The van der Waals surface area contributed by atoms with Gasteiger partial charge in [-0.3, -0.25) is 9.71 Å². The Morgan fingerprint density at radius 2 is 1.82 bits per heavy atom. The van der Waals surface area contributed by atoms with Crippen LogP contribution in [0.4, 0.5) is 5.69 Å². The van der Waals surface area contributed by atoms with Crippen molar-refractivity contribution in [1.29, 1.82) is 0 Å². The molecule has 0 aliphatic carbocycles. The largest absolute Gasteiger partial charge is 0.284 e. The van der Waals surface area contributed by atoms with Crippen LogP contribution in [0.3, 0.4) is 0 Å². The molecule has 3 aromatic heterocycles. The number of fused-ring (bicyclic) bond motifs is 1. The third-order valence-electron chi connectivity index (χ3n) is 4.11. The van der Waals surface area contributed by atoms with Crippen molar-refractivity contribution in [3.8, 4) is 22.6 Å². The predicted octanol–water partition coefficient (Wildman–Crippen LogP) is 3.01. The summed E-state index contributed by atoms with van der Waals surface area (Å²) in [5.41, 5.74) is 3.55. The molecule has 0 radical (unpaired) electrons. The quantitative estimate of drug-likeness (QED) is 0.539. The average molecular weight is 394 g/mol. The third-order valence-corrected chi connectivity index (χ3v) is 5.60. The van der Waals surface area contributed by atoms with Gasteiger partial charge in [0.25, 0.3) is 0 Å². The van der Waals surface area contributed by atoms with Crippen LogP contribution < -0.4 is 4.72 Å². The predicted molar refractivity (Wildman–Crippen MR) is 107 cm³/mol. The topological polar surface area (TPSA) is 102 Å². The zero-order chi connectivity index (χ0) is 19.6. The summed E-state index contributed by atoms with van der Waals surface area (Å²) in [7, 11) is -3.31. The average Bonchev–Trinajstić information content (AvgIpc) is 3.12. The molecule has 4 aromatic rings. The van der Waals surface area contributed by atoms with E-state index in [-0.39, 0.29) is 5.75 Å². The summed E-state index contributed by atoms with van der Waals surface area (Å²) in [4.78, 5) is 4.12. The molecule has 0 bridgehead atoms. The summed E-state index contributed by atoms with van der Waals surface area (Å²) in [6.07, 6.45) is 3.97. The second kappa shape index (κ2) is 7.35. The molecule has 9 heteroatoms. The first-order chi connectivity index (χ1) is 13.6. The highest BCUT2D eigenvalue weighted by atomic mass is 32.2. The lowest BCUT2D eigenvalue weighted by molar-refractivity contribution is 0.600. The van der Waals surface area contributed by atoms with Gasteiger partial charge in [-0.05, 0) is 42.8 Å². The number of nitrogens with zero attached hydrogens (tertiary/aromatic N) is 5. The van der Waals surface area contributed by atoms with Gasteiger partial charge in [-0.25, -0.2) is 8.42 Å². The van der Waals surface area contributed by atoms with E-state index >= 15 is 0 Å². The second-order valence-electron chi connectivity index (χ2n) is 6.25. The lowest BCUT2D eigenvalue weighted by atomic mass is 10.1. The minimum absolute atomic E-state index is 0.0950. The van der Waals surface area contributed by atoms with E-state index in [2.05, 4.69) is 25.0 Å². The second-order valence-corrected chi connectivity index (χ2v) is 8.09. The molecule has 8 nitrogen and oxygen atoms in total. The highest BCUT2D eigenvalue weighted by molar-refractivity contribution is 7.92. The van der Waals surface area contributed by atoms with Gasteiger partial charge in [0.05, 0.1) is 11.4 Å². The van der Waals surface area contributed by atoms with Gasteiger partial charge < -0.3 is 0 Å². The SMILES string of the molecule is CCCS(=O)(=O)Nc1ccc(-c2ccc3nnc(-c4cccnc4)n3n2)cc1. The monoisotopic (exact) mass is 394 g/mol. The van der Waals surface area contributed by atoms with Crippen molar-refractivity contribution in [1.82, 2.24) is 24.8 Å².